The molecule has 1 unspecified atom stereocenters. The van der Waals surface area contributed by atoms with Crippen LogP contribution in [0.3, 0.4) is 0 Å². The molecule has 0 aliphatic heterocycles. The zero-order valence-corrected chi connectivity index (χ0v) is 12.7. The van der Waals surface area contributed by atoms with Crippen molar-refractivity contribution in [1.29, 1.82) is 0 Å². The van der Waals surface area contributed by atoms with Crippen molar-refractivity contribution in [2.24, 2.45) is 5.92 Å². The van der Waals surface area contributed by atoms with Gasteiger partial charge in [0.1, 0.15) is 0 Å². The van der Waals surface area contributed by atoms with Crippen molar-refractivity contribution in [2.75, 3.05) is 0 Å². The van der Waals surface area contributed by atoms with Gasteiger partial charge in [-0.05, 0) is 0 Å². The Morgan fingerprint density at radius 3 is 2.00 bits per heavy atom. The van der Waals surface area contributed by atoms with Crippen molar-refractivity contribution in [3.05, 3.63) is 19.7 Å². The first-order valence-electron chi connectivity index (χ1n) is 3.65. The van der Waals surface area contributed by atoms with Gasteiger partial charge in [-0.2, -0.15) is 0 Å². The van der Waals surface area contributed by atoms with Crippen LogP contribution in [0.2, 0.25) is 0 Å². The van der Waals surface area contributed by atoms with Gasteiger partial charge in [0.05, 0.1) is 0 Å². The van der Waals surface area contributed by atoms with Crippen LogP contribution >= 0.6 is 0 Å². The molecule has 0 saturated carbocycles. The summed E-state index contributed by atoms with van der Waals surface area (Å²) in [5.74, 6) is 0.791. The Kier molecular flexibility index (Phi) is 2.51. The molecule has 0 fully saturated rings. The van der Waals surface area contributed by atoms with Crippen LogP contribution < -0.4 is 0 Å². The molecule has 1 aliphatic carbocycles. The van der Waals surface area contributed by atoms with E-state index in [4.69, 9.17) is 0 Å². The fourth-order valence-electron chi connectivity index (χ4n) is 1.36. The molecule has 0 aromatic rings. The molecule has 2 heteroatoms. The molecule has 0 aromatic carbocycles. The molecule has 1 atom stereocenters. The average molecular weight is 316 g/mol. The van der Waals surface area contributed by atoms with Crippen molar-refractivity contribution < 1.29 is 24.4 Å². The Bertz CT molecular complexity index is 201. The van der Waals surface area contributed by atoms with Crippen LogP contribution in [0.15, 0.2) is 19.7 Å². The third-order valence-corrected chi connectivity index (χ3v) is 8.63. The molecule has 0 N–H and O–H groups in total. The minimum absolute atomic E-state index is 0.791. The molecule has 0 aromatic heterocycles. The second kappa shape index (κ2) is 2.90. The van der Waals surface area contributed by atoms with Crippen molar-refractivity contribution in [3.8, 4) is 0 Å². The van der Waals surface area contributed by atoms with Gasteiger partial charge in [-0.3, -0.25) is 0 Å². The van der Waals surface area contributed by atoms with Gasteiger partial charge in [0.25, 0.3) is 0 Å². The van der Waals surface area contributed by atoms with Crippen LogP contribution in [0.25, 0.3) is 0 Å². The summed E-state index contributed by atoms with van der Waals surface area (Å²) in [7, 11) is 1.25. The summed E-state index contributed by atoms with van der Waals surface area (Å²) in [4.78, 5) is 0. The maximum atomic E-state index is 2.34. The topological polar surface area (TPSA) is 0 Å². The van der Waals surface area contributed by atoms with Gasteiger partial charge in [-0.25, -0.2) is 0 Å². The third-order valence-electron chi connectivity index (χ3n) is 2.64. The zero-order valence-electron chi connectivity index (χ0n) is 7.08. The molecule has 0 heterocycles. The molecular formula is C8H13HfSi. The molecule has 0 bridgehead atoms. The first-order chi connectivity index (χ1) is 4.55. The van der Waals surface area contributed by atoms with Gasteiger partial charge in [0, 0.05) is 0 Å². The first-order valence-corrected chi connectivity index (χ1v) is 6.45. The molecule has 0 radical (unpaired) electrons. The first kappa shape index (κ1) is 8.66. The van der Waals surface area contributed by atoms with Gasteiger partial charge in [-0.1, -0.05) is 0 Å². The van der Waals surface area contributed by atoms with Crippen molar-refractivity contribution in [1.82, 2.24) is 0 Å². The second-order valence-corrected chi connectivity index (χ2v) is 6.00. The molecule has 0 nitrogen and oxygen atoms in total. The summed E-state index contributed by atoms with van der Waals surface area (Å²) in [6.07, 6.45) is 0. The number of allylic oxidation sites excluding steroid dienone is 4. The Labute approximate surface area is 80.8 Å². The second-order valence-electron chi connectivity index (χ2n) is 3.07. The van der Waals surface area contributed by atoms with Crippen molar-refractivity contribution in [2.45, 2.75) is 20.8 Å². The van der Waals surface area contributed by atoms with E-state index in [1.807, 2.05) is 0 Å². The quantitative estimate of drug-likeness (QED) is 0.587. The van der Waals surface area contributed by atoms with E-state index in [1.165, 1.54) is 34.6 Å². The zero-order chi connectivity index (χ0) is 7.89. The van der Waals surface area contributed by atoms with Crippen LogP contribution in [0.4, 0.5) is 0 Å². The molecule has 0 spiro atoms. The monoisotopic (exact) mass is 317 g/mol. The molecule has 1 rings (SSSR count). The maximum absolute atomic E-state index is 2.34. The van der Waals surface area contributed by atoms with E-state index in [9.17, 15) is 0 Å². The number of hydrogen-bond donors (Lipinski definition) is 0. The van der Waals surface area contributed by atoms with Crippen molar-refractivity contribution in [3.63, 3.8) is 0 Å². The van der Waals surface area contributed by atoms with E-state index in [0.29, 0.717) is 0 Å². The van der Waals surface area contributed by atoms with E-state index < -0.39 is 0 Å². The minimum atomic E-state index is 0.791. The Balaban J connectivity index is 3.09. The van der Waals surface area contributed by atoms with E-state index >= 15 is 0 Å². The average Bonchev–Trinajstić information content (AvgIpc) is 2.07. The molecule has 53 valence electrons. The van der Waals surface area contributed by atoms with E-state index in [0.717, 1.165) is 5.92 Å². The standard InChI is InChI=1S/C8H13Si.Hf/c1-5-4-8(9)7(3)6(5)2;/h5H,1-3,9H3;. The van der Waals surface area contributed by atoms with E-state index in [2.05, 4.69) is 20.8 Å². The third kappa shape index (κ3) is 1.16. The molecular weight excluding hydrogens is 303 g/mol. The number of rotatable bonds is 0. The van der Waals surface area contributed by atoms with Crippen molar-refractivity contribution >= 4 is 10.2 Å². The van der Waals surface area contributed by atoms with Gasteiger partial charge in [0.2, 0.25) is 0 Å². The summed E-state index contributed by atoms with van der Waals surface area (Å²) in [6.45, 7) is 6.90. The molecule has 10 heavy (non-hydrogen) atoms. The summed E-state index contributed by atoms with van der Waals surface area (Å²) in [5.41, 5.74) is 3.22. The SMILES string of the molecule is CC1=C(C)C(C)[C]([Hf])=C1[SiH3]. The Hall–Kier alpha value is 0.567. The van der Waals surface area contributed by atoms with Crippen LogP contribution in [0, 0.1) is 5.92 Å². The fraction of sp³-hybridized carbons (Fsp3) is 0.500. The Morgan fingerprint density at radius 1 is 1.40 bits per heavy atom. The summed E-state index contributed by atoms with van der Waals surface area (Å²) >= 11 is 1.27. The molecule has 0 saturated heterocycles. The molecule has 0 amide bonds. The van der Waals surface area contributed by atoms with Gasteiger partial charge in [-0.15, -0.1) is 0 Å². The van der Waals surface area contributed by atoms with Gasteiger partial charge < -0.3 is 0 Å². The molecule has 1 aliphatic rings. The van der Waals surface area contributed by atoms with Gasteiger partial charge >= 0.3 is 81.0 Å². The van der Waals surface area contributed by atoms with E-state index in [1.54, 1.807) is 19.7 Å². The van der Waals surface area contributed by atoms with Crippen LogP contribution in [0.5, 0.6) is 0 Å². The Morgan fingerprint density at radius 2 is 1.90 bits per heavy atom. The van der Waals surface area contributed by atoms with Crippen LogP contribution in [0.1, 0.15) is 20.8 Å². The fourth-order valence-corrected chi connectivity index (χ4v) is 3.64. The summed E-state index contributed by atoms with van der Waals surface area (Å²) < 4.78 is 1.75. The van der Waals surface area contributed by atoms with Crippen LogP contribution in [-0.2, 0) is 24.4 Å². The summed E-state index contributed by atoms with van der Waals surface area (Å²) in [6, 6.07) is 0. The van der Waals surface area contributed by atoms with E-state index in [-0.39, 0.29) is 0 Å². The van der Waals surface area contributed by atoms with Gasteiger partial charge in [0.15, 0.2) is 0 Å². The number of hydrogen-bond acceptors (Lipinski definition) is 0. The van der Waals surface area contributed by atoms with Crippen LogP contribution in [-0.4, -0.2) is 10.2 Å². The predicted octanol–water partition coefficient (Wildman–Crippen LogP) is 1.10. The summed E-state index contributed by atoms with van der Waals surface area (Å²) in [5, 5.41) is 1.71. The normalized spacial score (nSPS) is 26.8. The predicted molar refractivity (Wildman–Crippen MR) is 44.5 cm³/mol.